The second-order valence-electron chi connectivity index (χ2n) is 6.02. The molecular formula is C14H22N4O. The molecule has 2 aliphatic heterocycles. The quantitative estimate of drug-likeness (QED) is 0.867. The average Bonchev–Trinajstić information content (AvgIpc) is 2.74. The predicted molar refractivity (Wildman–Crippen MR) is 72.4 cm³/mol. The standard InChI is InChI=1S/C14H22N4O/c1-17-9-12(8-15-17)10-18-7-3-6-14(11-18)5-2-4-13(19)16-14/h8-9H,2-7,10-11H2,1H3,(H,16,19)/t14-/m1/s1. The van der Waals surface area contributed by atoms with Gasteiger partial charge in [-0.2, -0.15) is 5.10 Å². The van der Waals surface area contributed by atoms with Gasteiger partial charge in [0.25, 0.3) is 0 Å². The van der Waals surface area contributed by atoms with Crippen molar-refractivity contribution in [2.75, 3.05) is 13.1 Å². The third-order valence-electron chi connectivity index (χ3n) is 4.28. The van der Waals surface area contributed by atoms with E-state index >= 15 is 0 Å². The van der Waals surface area contributed by atoms with Gasteiger partial charge in [0.05, 0.1) is 11.7 Å². The number of aryl methyl sites for hydroxylation is 1. The van der Waals surface area contributed by atoms with E-state index < -0.39 is 0 Å². The van der Waals surface area contributed by atoms with Gasteiger partial charge >= 0.3 is 0 Å². The van der Waals surface area contributed by atoms with Gasteiger partial charge in [0.2, 0.25) is 5.91 Å². The molecule has 1 aromatic heterocycles. The van der Waals surface area contributed by atoms with Crippen LogP contribution >= 0.6 is 0 Å². The Labute approximate surface area is 114 Å². The molecule has 104 valence electrons. The second-order valence-corrected chi connectivity index (χ2v) is 6.02. The number of rotatable bonds is 2. The molecular weight excluding hydrogens is 240 g/mol. The van der Waals surface area contributed by atoms with Crippen LogP contribution < -0.4 is 5.32 Å². The van der Waals surface area contributed by atoms with Gasteiger partial charge in [0, 0.05) is 38.3 Å². The van der Waals surface area contributed by atoms with Crippen LogP contribution in [0.1, 0.15) is 37.7 Å². The number of nitrogens with zero attached hydrogens (tertiary/aromatic N) is 3. The molecule has 0 saturated carbocycles. The highest BCUT2D eigenvalue weighted by Gasteiger charge is 2.38. The zero-order valence-electron chi connectivity index (χ0n) is 11.6. The van der Waals surface area contributed by atoms with Crippen molar-refractivity contribution in [1.29, 1.82) is 0 Å². The fourth-order valence-electron chi connectivity index (χ4n) is 3.49. The van der Waals surface area contributed by atoms with Crippen LogP contribution in [0.25, 0.3) is 0 Å². The van der Waals surface area contributed by atoms with Crippen LogP contribution in [0, 0.1) is 0 Å². The first-order valence-electron chi connectivity index (χ1n) is 7.16. The first-order chi connectivity index (χ1) is 9.15. The smallest absolute Gasteiger partial charge is 0.220 e. The van der Waals surface area contributed by atoms with Crippen molar-refractivity contribution in [2.45, 2.75) is 44.2 Å². The number of likely N-dealkylation sites (tertiary alicyclic amines) is 1. The summed E-state index contributed by atoms with van der Waals surface area (Å²) in [7, 11) is 1.95. The molecule has 3 rings (SSSR count). The lowest BCUT2D eigenvalue weighted by atomic mass is 9.81. The Morgan fingerprint density at radius 3 is 3.00 bits per heavy atom. The maximum atomic E-state index is 11.7. The van der Waals surface area contributed by atoms with E-state index in [0.717, 1.165) is 38.9 Å². The highest BCUT2D eigenvalue weighted by Crippen LogP contribution is 2.30. The molecule has 1 N–H and O–H groups in total. The zero-order valence-corrected chi connectivity index (χ0v) is 11.6. The maximum Gasteiger partial charge on any atom is 0.220 e. The molecule has 0 aromatic carbocycles. The van der Waals surface area contributed by atoms with Crippen molar-refractivity contribution in [3.63, 3.8) is 0 Å². The number of hydrogen-bond donors (Lipinski definition) is 1. The van der Waals surface area contributed by atoms with Gasteiger partial charge < -0.3 is 5.32 Å². The first-order valence-corrected chi connectivity index (χ1v) is 7.16. The van der Waals surface area contributed by atoms with Gasteiger partial charge in [-0.25, -0.2) is 0 Å². The van der Waals surface area contributed by atoms with E-state index in [0.29, 0.717) is 6.42 Å². The number of hydrogen-bond acceptors (Lipinski definition) is 3. The van der Waals surface area contributed by atoms with Crippen LogP contribution in [0.15, 0.2) is 12.4 Å². The number of nitrogens with one attached hydrogen (secondary N) is 1. The third-order valence-corrected chi connectivity index (χ3v) is 4.28. The van der Waals surface area contributed by atoms with E-state index in [9.17, 15) is 4.79 Å². The van der Waals surface area contributed by atoms with Gasteiger partial charge in [-0.05, 0) is 32.2 Å². The number of carbonyl (C=O) groups is 1. The Kier molecular flexibility index (Phi) is 3.31. The predicted octanol–water partition coefficient (Wildman–Crippen LogP) is 1.05. The minimum Gasteiger partial charge on any atom is -0.349 e. The Balaban J connectivity index is 1.66. The minimum atomic E-state index is 0.0375. The van der Waals surface area contributed by atoms with E-state index in [1.165, 1.54) is 12.0 Å². The molecule has 1 amide bonds. The number of amides is 1. The fraction of sp³-hybridized carbons (Fsp3) is 0.714. The lowest BCUT2D eigenvalue weighted by Crippen LogP contribution is -2.60. The van der Waals surface area contributed by atoms with Crippen molar-refractivity contribution in [2.24, 2.45) is 7.05 Å². The molecule has 0 bridgehead atoms. The molecule has 0 radical (unpaired) electrons. The zero-order chi connectivity index (χ0) is 13.3. The fourth-order valence-corrected chi connectivity index (χ4v) is 3.49. The molecule has 3 heterocycles. The molecule has 5 heteroatoms. The normalized spacial score (nSPS) is 28.6. The van der Waals surface area contributed by atoms with E-state index in [4.69, 9.17) is 0 Å². The Bertz CT molecular complexity index is 466. The number of aromatic nitrogens is 2. The highest BCUT2D eigenvalue weighted by atomic mass is 16.1. The summed E-state index contributed by atoms with van der Waals surface area (Å²) in [6.07, 6.45) is 9.16. The van der Waals surface area contributed by atoms with Crippen molar-refractivity contribution in [3.05, 3.63) is 18.0 Å². The maximum absolute atomic E-state index is 11.7. The molecule has 1 aromatic rings. The largest absolute Gasteiger partial charge is 0.349 e. The van der Waals surface area contributed by atoms with Gasteiger partial charge in [0.1, 0.15) is 0 Å². The van der Waals surface area contributed by atoms with Crippen molar-refractivity contribution >= 4 is 5.91 Å². The van der Waals surface area contributed by atoms with Crippen LogP contribution in [0.4, 0.5) is 0 Å². The Hall–Kier alpha value is -1.36. The SMILES string of the molecule is Cn1cc(CN2CCC[C@]3(CCCC(=O)N3)C2)cn1. The summed E-state index contributed by atoms with van der Waals surface area (Å²) < 4.78 is 1.84. The Morgan fingerprint density at radius 1 is 1.42 bits per heavy atom. The van der Waals surface area contributed by atoms with E-state index in [1.807, 2.05) is 17.9 Å². The van der Waals surface area contributed by atoms with Crippen LogP contribution in [0.2, 0.25) is 0 Å². The van der Waals surface area contributed by atoms with Crippen LogP contribution in [-0.2, 0) is 18.4 Å². The van der Waals surface area contributed by atoms with Crippen molar-refractivity contribution in [1.82, 2.24) is 20.0 Å². The highest BCUT2D eigenvalue weighted by molar-refractivity contribution is 5.77. The third kappa shape index (κ3) is 2.81. The van der Waals surface area contributed by atoms with Crippen LogP contribution in [0.3, 0.4) is 0 Å². The lowest BCUT2D eigenvalue weighted by Gasteiger charge is -2.45. The van der Waals surface area contributed by atoms with E-state index in [1.54, 1.807) is 0 Å². The summed E-state index contributed by atoms with van der Waals surface area (Å²) in [6.45, 7) is 3.03. The minimum absolute atomic E-state index is 0.0375. The Morgan fingerprint density at radius 2 is 2.26 bits per heavy atom. The van der Waals surface area contributed by atoms with Crippen LogP contribution in [-0.4, -0.2) is 39.2 Å². The summed E-state index contributed by atoms with van der Waals surface area (Å²) >= 11 is 0. The molecule has 1 spiro atoms. The van der Waals surface area contributed by atoms with Gasteiger partial charge in [-0.3, -0.25) is 14.4 Å². The number of carbonyl (C=O) groups excluding carboxylic acids is 1. The summed E-state index contributed by atoms with van der Waals surface area (Å²) in [5.74, 6) is 0.231. The molecule has 19 heavy (non-hydrogen) atoms. The monoisotopic (exact) mass is 262 g/mol. The van der Waals surface area contributed by atoms with Gasteiger partial charge in [-0.15, -0.1) is 0 Å². The van der Waals surface area contributed by atoms with Crippen LogP contribution in [0.5, 0.6) is 0 Å². The summed E-state index contributed by atoms with van der Waals surface area (Å²) in [6, 6.07) is 0. The molecule has 0 unspecified atom stereocenters. The topological polar surface area (TPSA) is 50.2 Å². The van der Waals surface area contributed by atoms with E-state index in [-0.39, 0.29) is 11.4 Å². The molecule has 2 aliphatic rings. The van der Waals surface area contributed by atoms with Gasteiger partial charge in [0.15, 0.2) is 0 Å². The summed E-state index contributed by atoms with van der Waals surface area (Å²) in [5.41, 5.74) is 1.29. The molecule has 1 atom stereocenters. The molecule has 2 fully saturated rings. The van der Waals surface area contributed by atoms with Gasteiger partial charge in [-0.1, -0.05) is 0 Å². The first kappa shape index (κ1) is 12.7. The lowest BCUT2D eigenvalue weighted by molar-refractivity contribution is -0.126. The summed E-state index contributed by atoms with van der Waals surface area (Å²) in [5, 5.41) is 7.47. The molecule has 2 saturated heterocycles. The molecule has 5 nitrogen and oxygen atoms in total. The number of piperidine rings is 2. The molecule has 0 aliphatic carbocycles. The van der Waals surface area contributed by atoms with Crippen molar-refractivity contribution < 1.29 is 4.79 Å². The van der Waals surface area contributed by atoms with Crippen molar-refractivity contribution in [3.8, 4) is 0 Å². The summed E-state index contributed by atoms with van der Waals surface area (Å²) in [4.78, 5) is 14.1. The van der Waals surface area contributed by atoms with E-state index in [2.05, 4.69) is 21.5 Å². The second kappa shape index (κ2) is 4.96. The average molecular weight is 262 g/mol.